The van der Waals surface area contributed by atoms with E-state index in [1.807, 2.05) is 56.0 Å². The fourth-order valence-corrected chi connectivity index (χ4v) is 7.31. The molecule has 7 heteroatoms. The van der Waals surface area contributed by atoms with Gasteiger partial charge in [-0.15, -0.1) is 11.3 Å². The Kier molecular flexibility index (Phi) is 6.85. The van der Waals surface area contributed by atoms with Crippen molar-refractivity contribution in [2.75, 3.05) is 25.0 Å². The molecule has 1 saturated carbocycles. The first kappa shape index (κ1) is 24.2. The third kappa shape index (κ3) is 4.19. The number of carbonyl (C=O) groups excluding carboxylic acids is 1. The van der Waals surface area contributed by atoms with Crippen LogP contribution in [0.2, 0.25) is 0 Å². The van der Waals surface area contributed by atoms with Gasteiger partial charge in [0.15, 0.2) is 5.13 Å². The van der Waals surface area contributed by atoms with Crippen molar-refractivity contribution in [2.45, 2.75) is 65.4 Å². The number of aromatic nitrogens is 1. The van der Waals surface area contributed by atoms with Crippen LogP contribution in [0, 0.1) is 16.7 Å². The topological polar surface area (TPSA) is 85.7 Å². The number of hydrogen-bond donors (Lipinski definition) is 3. The van der Waals surface area contributed by atoms with E-state index in [-0.39, 0.29) is 29.8 Å². The van der Waals surface area contributed by atoms with E-state index >= 15 is 0 Å². The number of nitrogens with one attached hydrogen (secondary N) is 1. The number of benzene rings is 1. The van der Waals surface area contributed by atoms with Crippen LogP contribution in [-0.2, 0) is 11.2 Å². The number of rotatable bonds is 7. The van der Waals surface area contributed by atoms with Crippen molar-refractivity contribution in [3.63, 3.8) is 0 Å². The number of anilines is 2. The first-order valence-corrected chi connectivity index (χ1v) is 13.0. The van der Waals surface area contributed by atoms with E-state index in [1.54, 1.807) is 11.3 Å². The summed E-state index contributed by atoms with van der Waals surface area (Å²) < 4.78 is 0. The minimum Gasteiger partial charge on any atom is -0.396 e. The second-order valence-electron chi connectivity index (χ2n) is 10.1. The van der Waals surface area contributed by atoms with Crippen molar-refractivity contribution in [3.8, 4) is 0 Å². The monoisotopic (exact) mass is 471 g/mol. The van der Waals surface area contributed by atoms with E-state index in [1.165, 1.54) is 4.88 Å². The lowest BCUT2D eigenvalue weighted by Crippen LogP contribution is -2.57. The van der Waals surface area contributed by atoms with Crippen molar-refractivity contribution in [2.24, 2.45) is 16.7 Å². The third-order valence-electron chi connectivity index (χ3n) is 8.41. The minimum absolute atomic E-state index is 0.0414. The number of thiazole rings is 1. The molecule has 0 unspecified atom stereocenters. The molecule has 1 amide bonds. The summed E-state index contributed by atoms with van der Waals surface area (Å²) in [5.41, 5.74) is 1.19. The van der Waals surface area contributed by atoms with Gasteiger partial charge in [0.05, 0.1) is 18.4 Å². The Balaban J connectivity index is 1.76. The van der Waals surface area contributed by atoms with Gasteiger partial charge in [-0.05, 0) is 56.6 Å². The van der Waals surface area contributed by atoms with E-state index in [2.05, 4.69) is 12.2 Å². The summed E-state index contributed by atoms with van der Waals surface area (Å²) in [6, 6.07) is 10.00. The van der Waals surface area contributed by atoms with Gasteiger partial charge in [-0.3, -0.25) is 4.79 Å². The summed E-state index contributed by atoms with van der Waals surface area (Å²) in [6.45, 7) is 9.63. The lowest BCUT2D eigenvalue weighted by molar-refractivity contribution is -0.147. The quantitative estimate of drug-likeness (QED) is 0.551. The van der Waals surface area contributed by atoms with Gasteiger partial charge in [0.1, 0.15) is 0 Å². The van der Waals surface area contributed by atoms with Crippen molar-refractivity contribution >= 4 is 28.1 Å². The highest BCUT2D eigenvalue weighted by Gasteiger charge is 2.59. The smallest absolute Gasteiger partial charge is 0.223 e. The molecule has 0 saturated heterocycles. The maximum atomic E-state index is 13.3. The van der Waals surface area contributed by atoms with Gasteiger partial charge in [0, 0.05) is 41.4 Å². The Hall–Kier alpha value is -1.96. The van der Waals surface area contributed by atoms with Gasteiger partial charge in [0.25, 0.3) is 0 Å². The standard InChI is InChI=1S/C26H37N3O3S/c1-5-29(6-2)22(32)14-18-23-19(33-24(28-23)27-17-10-8-7-9-11-17)15-20-25(18,3)13-12-21(31)26(20,4)16-30/h7-11,18,20-21,30-31H,5-6,12-16H2,1-4H3,(H,27,28)/t18-,20+,21-,25+,26+/m1/s1. The third-order valence-corrected chi connectivity index (χ3v) is 9.42. The van der Waals surface area contributed by atoms with Crippen molar-refractivity contribution in [3.05, 3.63) is 40.9 Å². The van der Waals surface area contributed by atoms with E-state index in [4.69, 9.17) is 4.98 Å². The molecule has 33 heavy (non-hydrogen) atoms. The highest BCUT2D eigenvalue weighted by atomic mass is 32.1. The molecule has 180 valence electrons. The molecule has 3 N–H and O–H groups in total. The molecule has 1 aromatic carbocycles. The summed E-state index contributed by atoms with van der Waals surface area (Å²) in [5, 5.41) is 25.6. The maximum Gasteiger partial charge on any atom is 0.223 e. The van der Waals surface area contributed by atoms with E-state index in [9.17, 15) is 15.0 Å². The number of fused-ring (bicyclic) bond motifs is 2. The molecule has 2 aromatic rings. The van der Waals surface area contributed by atoms with E-state index in [0.717, 1.165) is 29.4 Å². The van der Waals surface area contributed by atoms with Crippen molar-refractivity contribution in [1.82, 2.24) is 9.88 Å². The zero-order valence-corrected chi connectivity index (χ0v) is 21.0. The van der Waals surface area contributed by atoms with Crippen LogP contribution >= 0.6 is 11.3 Å². The molecule has 1 aromatic heterocycles. The number of carbonyl (C=O) groups is 1. The van der Waals surface area contributed by atoms with E-state index in [0.29, 0.717) is 25.9 Å². The number of hydrogen-bond acceptors (Lipinski definition) is 6. The Labute approximate surface area is 201 Å². The minimum atomic E-state index is -0.599. The Morgan fingerprint density at radius 1 is 1.24 bits per heavy atom. The van der Waals surface area contributed by atoms with Crippen LogP contribution < -0.4 is 5.32 Å². The molecule has 1 fully saturated rings. The van der Waals surface area contributed by atoms with Crippen molar-refractivity contribution < 1.29 is 15.0 Å². The molecule has 1 heterocycles. The molecule has 5 atom stereocenters. The van der Waals surface area contributed by atoms with Crippen LogP contribution in [0.3, 0.4) is 0 Å². The highest BCUT2D eigenvalue weighted by molar-refractivity contribution is 7.15. The first-order valence-electron chi connectivity index (χ1n) is 12.1. The van der Waals surface area contributed by atoms with Crippen LogP contribution in [0.5, 0.6) is 0 Å². The highest BCUT2D eigenvalue weighted by Crippen LogP contribution is 2.63. The number of aliphatic hydroxyl groups is 2. The van der Waals surface area contributed by atoms with Gasteiger partial charge in [-0.1, -0.05) is 32.0 Å². The second kappa shape index (κ2) is 9.35. The van der Waals surface area contributed by atoms with E-state index < -0.39 is 11.5 Å². The second-order valence-corrected chi connectivity index (χ2v) is 11.2. The number of amides is 1. The van der Waals surface area contributed by atoms with Gasteiger partial charge in [0.2, 0.25) is 5.91 Å². The summed E-state index contributed by atoms with van der Waals surface area (Å²) >= 11 is 1.64. The zero-order valence-electron chi connectivity index (χ0n) is 20.2. The van der Waals surface area contributed by atoms with Gasteiger partial charge in [-0.25, -0.2) is 4.98 Å². The lowest BCUT2D eigenvalue weighted by atomic mass is 9.47. The van der Waals surface area contributed by atoms with Crippen molar-refractivity contribution in [1.29, 1.82) is 0 Å². The Morgan fingerprint density at radius 2 is 1.94 bits per heavy atom. The number of aliphatic hydroxyl groups excluding tert-OH is 2. The molecule has 0 spiro atoms. The largest absolute Gasteiger partial charge is 0.396 e. The maximum absolute atomic E-state index is 13.3. The molecule has 0 aliphatic heterocycles. The average molecular weight is 472 g/mol. The van der Waals surface area contributed by atoms with Crippen LogP contribution in [0.1, 0.15) is 63.4 Å². The van der Waals surface area contributed by atoms with Gasteiger partial charge in [-0.2, -0.15) is 0 Å². The molecular formula is C26H37N3O3S. The van der Waals surface area contributed by atoms with Crippen LogP contribution in [0.15, 0.2) is 30.3 Å². The SMILES string of the molecule is CCN(CC)C(=O)C[C@@H]1c2nc(Nc3ccccc3)sc2C[C@@H]2[C@](C)(CO)[C@H](O)CC[C@]21C. The molecule has 2 aliphatic carbocycles. The lowest BCUT2D eigenvalue weighted by Gasteiger charge is -2.58. The van der Waals surface area contributed by atoms with Crippen LogP contribution in [0.25, 0.3) is 0 Å². The molecule has 6 nitrogen and oxygen atoms in total. The number of nitrogens with zero attached hydrogens (tertiary/aromatic N) is 2. The predicted molar refractivity (Wildman–Crippen MR) is 133 cm³/mol. The van der Waals surface area contributed by atoms with Crippen LogP contribution in [-0.4, -0.2) is 51.8 Å². The summed E-state index contributed by atoms with van der Waals surface area (Å²) in [4.78, 5) is 21.4. The summed E-state index contributed by atoms with van der Waals surface area (Å²) in [6.07, 6.45) is 2.09. The number of para-hydroxylation sites is 1. The fourth-order valence-electron chi connectivity index (χ4n) is 6.22. The Bertz CT molecular complexity index is 976. The molecule has 4 rings (SSSR count). The molecule has 0 radical (unpaired) electrons. The molecule has 2 aliphatic rings. The van der Waals surface area contributed by atoms with Gasteiger partial charge < -0.3 is 20.4 Å². The zero-order chi connectivity index (χ0) is 23.8. The molecular weight excluding hydrogens is 434 g/mol. The van der Waals surface area contributed by atoms with Gasteiger partial charge >= 0.3 is 0 Å². The summed E-state index contributed by atoms with van der Waals surface area (Å²) in [7, 11) is 0. The first-order chi connectivity index (χ1) is 15.8. The predicted octanol–water partition coefficient (Wildman–Crippen LogP) is 4.56. The molecule has 0 bridgehead atoms. The Morgan fingerprint density at radius 3 is 2.58 bits per heavy atom. The average Bonchev–Trinajstić information content (AvgIpc) is 3.21. The normalized spacial score (nSPS) is 30.9. The fraction of sp³-hybridized carbons (Fsp3) is 0.615. The van der Waals surface area contributed by atoms with Crippen LogP contribution in [0.4, 0.5) is 10.8 Å². The summed E-state index contributed by atoms with van der Waals surface area (Å²) in [5.74, 6) is 0.186.